The largest absolute Gasteiger partial charge is 0.377 e. The van der Waals surface area contributed by atoms with E-state index in [1.165, 1.54) is 24.2 Å². The normalized spacial score (nSPS) is 24.8. The van der Waals surface area contributed by atoms with E-state index in [9.17, 15) is 4.79 Å². The van der Waals surface area contributed by atoms with Crippen LogP contribution < -0.4 is 0 Å². The molecular weight excluding hydrogens is 262 g/mol. The molecule has 0 aliphatic carbocycles. The maximum absolute atomic E-state index is 12.1. The van der Waals surface area contributed by atoms with Crippen LogP contribution in [0.1, 0.15) is 23.3 Å². The summed E-state index contributed by atoms with van der Waals surface area (Å²) in [6.45, 7) is 5.39. The lowest BCUT2D eigenvalue weighted by atomic mass is 10.2. The number of rotatable bonds is 3. The van der Waals surface area contributed by atoms with Crippen LogP contribution in [0.15, 0.2) is 10.9 Å². The van der Waals surface area contributed by atoms with Gasteiger partial charge in [-0.1, -0.05) is 0 Å². The van der Waals surface area contributed by atoms with Crippen molar-refractivity contribution < 1.29 is 9.53 Å². The number of aromatic nitrogens is 1. The molecule has 0 aromatic carbocycles. The van der Waals surface area contributed by atoms with E-state index in [-0.39, 0.29) is 5.91 Å². The lowest BCUT2D eigenvalue weighted by molar-refractivity contribution is 0.0430. The van der Waals surface area contributed by atoms with Gasteiger partial charge in [0.05, 0.1) is 11.6 Å². The second-order valence-corrected chi connectivity index (χ2v) is 5.82. The van der Waals surface area contributed by atoms with Crippen LogP contribution in [0.2, 0.25) is 0 Å². The van der Waals surface area contributed by atoms with Crippen molar-refractivity contribution in [1.29, 1.82) is 0 Å². The summed E-state index contributed by atoms with van der Waals surface area (Å²) in [7, 11) is 0. The second-order valence-electron chi connectivity index (χ2n) is 5.10. The summed E-state index contributed by atoms with van der Waals surface area (Å²) in [5.41, 5.74) is 2.29. The Balaban J connectivity index is 1.47. The van der Waals surface area contributed by atoms with Gasteiger partial charge >= 0.3 is 0 Å². The number of piperazine rings is 1. The minimum Gasteiger partial charge on any atom is -0.377 e. The summed E-state index contributed by atoms with van der Waals surface area (Å²) in [6.07, 6.45) is 2.77. The molecule has 2 saturated heterocycles. The van der Waals surface area contributed by atoms with E-state index in [2.05, 4.69) is 9.88 Å². The minimum absolute atomic E-state index is 0.0676. The molecule has 0 spiro atoms. The fraction of sp³-hybridized carbons (Fsp3) is 0.692. The highest BCUT2D eigenvalue weighted by Crippen LogP contribution is 2.15. The molecule has 3 heterocycles. The summed E-state index contributed by atoms with van der Waals surface area (Å²) in [4.78, 5) is 20.5. The van der Waals surface area contributed by atoms with Gasteiger partial charge in [0, 0.05) is 44.7 Å². The molecule has 2 aliphatic heterocycles. The average molecular weight is 281 g/mol. The Kier molecular flexibility index (Phi) is 4.10. The summed E-state index contributed by atoms with van der Waals surface area (Å²) in [5, 5.41) is 1.82. The highest BCUT2D eigenvalue weighted by atomic mass is 32.1. The molecule has 2 fully saturated rings. The van der Waals surface area contributed by atoms with E-state index in [1.54, 1.807) is 5.51 Å². The zero-order valence-corrected chi connectivity index (χ0v) is 11.8. The van der Waals surface area contributed by atoms with Crippen LogP contribution in [0, 0.1) is 0 Å². The molecule has 104 valence electrons. The lowest BCUT2D eigenvalue weighted by Crippen LogP contribution is -2.50. The fourth-order valence-electron chi connectivity index (χ4n) is 2.69. The number of amides is 1. The SMILES string of the molecule is O=C(c1cscn1)N1CCN(CC2CCCO2)CC1. The highest BCUT2D eigenvalue weighted by molar-refractivity contribution is 7.07. The van der Waals surface area contributed by atoms with Gasteiger partial charge in [0.15, 0.2) is 0 Å². The van der Waals surface area contributed by atoms with Crippen molar-refractivity contribution in [2.75, 3.05) is 39.3 Å². The Morgan fingerprint density at radius 2 is 2.26 bits per heavy atom. The van der Waals surface area contributed by atoms with E-state index in [4.69, 9.17) is 4.74 Å². The molecule has 1 aromatic rings. The van der Waals surface area contributed by atoms with Gasteiger partial charge in [0.25, 0.3) is 5.91 Å². The van der Waals surface area contributed by atoms with Crippen molar-refractivity contribution in [2.24, 2.45) is 0 Å². The van der Waals surface area contributed by atoms with Crippen molar-refractivity contribution in [3.63, 3.8) is 0 Å². The summed E-state index contributed by atoms with van der Waals surface area (Å²) in [6, 6.07) is 0. The molecule has 1 aromatic heterocycles. The fourth-order valence-corrected chi connectivity index (χ4v) is 3.22. The average Bonchev–Trinajstić information content (AvgIpc) is 3.12. The van der Waals surface area contributed by atoms with Gasteiger partial charge in [-0.25, -0.2) is 4.98 Å². The predicted molar refractivity (Wildman–Crippen MR) is 73.4 cm³/mol. The Morgan fingerprint density at radius 1 is 1.42 bits per heavy atom. The van der Waals surface area contributed by atoms with Crippen molar-refractivity contribution in [2.45, 2.75) is 18.9 Å². The smallest absolute Gasteiger partial charge is 0.273 e. The van der Waals surface area contributed by atoms with Crippen LogP contribution in [0.25, 0.3) is 0 Å². The Bertz CT molecular complexity index is 410. The zero-order chi connectivity index (χ0) is 13.1. The van der Waals surface area contributed by atoms with Gasteiger partial charge in [-0.2, -0.15) is 0 Å². The number of hydrogen-bond donors (Lipinski definition) is 0. The molecule has 0 radical (unpaired) electrons. The molecule has 5 nitrogen and oxygen atoms in total. The Morgan fingerprint density at radius 3 is 2.89 bits per heavy atom. The maximum atomic E-state index is 12.1. The molecule has 1 unspecified atom stereocenters. The summed E-state index contributed by atoms with van der Waals surface area (Å²) < 4.78 is 5.66. The van der Waals surface area contributed by atoms with Crippen molar-refractivity contribution in [3.8, 4) is 0 Å². The molecule has 0 saturated carbocycles. The number of nitrogens with zero attached hydrogens (tertiary/aromatic N) is 3. The molecule has 0 bridgehead atoms. The number of carbonyl (C=O) groups excluding carboxylic acids is 1. The van der Waals surface area contributed by atoms with Gasteiger partial charge in [-0.15, -0.1) is 11.3 Å². The lowest BCUT2D eigenvalue weighted by Gasteiger charge is -2.35. The number of ether oxygens (including phenoxy) is 1. The molecular formula is C13H19N3O2S. The molecule has 6 heteroatoms. The van der Waals surface area contributed by atoms with Crippen molar-refractivity contribution >= 4 is 17.2 Å². The van der Waals surface area contributed by atoms with E-state index in [0.29, 0.717) is 11.8 Å². The second kappa shape index (κ2) is 5.98. The molecule has 19 heavy (non-hydrogen) atoms. The Hall–Kier alpha value is -0.980. The van der Waals surface area contributed by atoms with Gasteiger partial charge in [-0.05, 0) is 12.8 Å². The molecule has 3 rings (SSSR count). The minimum atomic E-state index is 0.0676. The van der Waals surface area contributed by atoms with E-state index < -0.39 is 0 Å². The third-order valence-corrected chi connectivity index (χ3v) is 4.38. The summed E-state index contributed by atoms with van der Waals surface area (Å²) in [5.74, 6) is 0.0676. The van der Waals surface area contributed by atoms with Crippen LogP contribution >= 0.6 is 11.3 Å². The number of hydrogen-bond acceptors (Lipinski definition) is 5. The first-order valence-corrected chi connectivity index (χ1v) is 7.78. The van der Waals surface area contributed by atoms with Gasteiger partial charge in [0.2, 0.25) is 0 Å². The maximum Gasteiger partial charge on any atom is 0.273 e. The summed E-state index contributed by atoms with van der Waals surface area (Å²) >= 11 is 1.47. The molecule has 0 N–H and O–H groups in total. The van der Waals surface area contributed by atoms with Gasteiger partial charge in [-0.3, -0.25) is 9.69 Å². The standard InChI is InChI=1S/C13H19N3O2S/c17-13(12-9-19-10-14-12)16-5-3-15(4-6-16)8-11-2-1-7-18-11/h9-11H,1-8H2. The van der Waals surface area contributed by atoms with Gasteiger partial charge < -0.3 is 9.64 Å². The quantitative estimate of drug-likeness (QED) is 0.832. The van der Waals surface area contributed by atoms with Crippen molar-refractivity contribution in [1.82, 2.24) is 14.8 Å². The third-order valence-electron chi connectivity index (χ3n) is 3.80. The first-order chi connectivity index (χ1) is 9.33. The van der Waals surface area contributed by atoms with Crippen LogP contribution in [-0.4, -0.2) is 66.1 Å². The molecule has 1 atom stereocenters. The van der Waals surface area contributed by atoms with E-state index in [0.717, 1.165) is 39.3 Å². The zero-order valence-electron chi connectivity index (χ0n) is 11.0. The number of carbonyl (C=O) groups is 1. The predicted octanol–water partition coefficient (Wildman–Crippen LogP) is 1.08. The van der Waals surface area contributed by atoms with Crippen molar-refractivity contribution in [3.05, 3.63) is 16.6 Å². The highest BCUT2D eigenvalue weighted by Gasteiger charge is 2.25. The first-order valence-electron chi connectivity index (χ1n) is 6.84. The first kappa shape index (κ1) is 13.0. The van der Waals surface area contributed by atoms with Crippen LogP contribution in [-0.2, 0) is 4.74 Å². The third kappa shape index (κ3) is 3.13. The monoisotopic (exact) mass is 281 g/mol. The topological polar surface area (TPSA) is 45.7 Å². The van der Waals surface area contributed by atoms with E-state index in [1.807, 2.05) is 10.3 Å². The van der Waals surface area contributed by atoms with Crippen LogP contribution in [0.3, 0.4) is 0 Å². The molecule has 1 amide bonds. The van der Waals surface area contributed by atoms with E-state index >= 15 is 0 Å². The molecule has 2 aliphatic rings. The van der Waals surface area contributed by atoms with Gasteiger partial charge in [0.1, 0.15) is 5.69 Å². The number of thiazole rings is 1. The van der Waals surface area contributed by atoms with Crippen LogP contribution in [0.5, 0.6) is 0 Å². The van der Waals surface area contributed by atoms with Crippen LogP contribution in [0.4, 0.5) is 0 Å². The Labute approximate surface area is 117 Å².